The van der Waals surface area contributed by atoms with Gasteiger partial charge in [-0.3, -0.25) is 4.99 Å². The summed E-state index contributed by atoms with van der Waals surface area (Å²) < 4.78 is 24.1. The van der Waals surface area contributed by atoms with Gasteiger partial charge in [0.1, 0.15) is 0 Å². The van der Waals surface area contributed by atoms with Gasteiger partial charge in [0.05, 0.1) is 6.26 Å². The van der Waals surface area contributed by atoms with Gasteiger partial charge in [-0.1, -0.05) is 0 Å². The SMILES string of the molecule is CN=C(NCCNS(C)(=O)=O)NCC1CCCS1.I. The lowest BCUT2D eigenvalue weighted by Gasteiger charge is -2.14. The Kier molecular flexibility index (Phi) is 10.2. The second-order valence-corrected chi connectivity index (χ2v) is 7.42. The third kappa shape index (κ3) is 9.74. The topological polar surface area (TPSA) is 82.6 Å². The zero-order chi connectivity index (χ0) is 13.4. The molecular weight excluding hydrogens is 399 g/mol. The predicted octanol–water partition coefficient (Wildman–Crippen LogP) is 0.214. The molecule has 0 spiro atoms. The standard InChI is InChI=1S/C10H22N4O2S2.HI/c1-11-10(12-5-6-14-18(2,15)16)13-8-9-4-3-7-17-9;/h9,14H,3-8H2,1-2H3,(H2,11,12,13);1H. The number of hydrogen-bond donors (Lipinski definition) is 3. The van der Waals surface area contributed by atoms with E-state index in [0.717, 1.165) is 18.8 Å². The summed E-state index contributed by atoms with van der Waals surface area (Å²) in [5.41, 5.74) is 0. The molecule has 0 radical (unpaired) electrons. The molecule has 9 heteroatoms. The van der Waals surface area contributed by atoms with Gasteiger partial charge in [-0.25, -0.2) is 13.1 Å². The molecule has 0 aromatic rings. The van der Waals surface area contributed by atoms with Gasteiger partial charge in [0.25, 0.3) is 0 Å². The largest absolute Gasteiger partial charge is 0.355 e. The number of halogens is 1. The molecule has 6 nitrogen and oxygen atoms in total. The van der Waals surface area contributed by atoms with Crippen LogP contribution in [0.25, 0.3) is 0 Å². The maximum absolute atomic E-state index is 10.9. The monoisotopic (exact) mass is 422 g/mol. The average molecular weight is 422 g/mol. The minimum Gasteiger partial charge on any atom is -0.355 e. The molecule has 3 N–H and O–H groups in total. The van der Waals surface area contributed by atoms with Crippen LogP contribution in [0.2, 0.25) is 0 Å². The molecule has 0 saturated carbocycles. The van der Waals surface area contributed by atoms with E-state index in [9.17, 15) is 8.42 Å². The Morgan fingerprint density at radius 1 is 1.37 bits per heavy atom. The van der Waals surface area contributed by atoms with Crippen LogP contribution in [0.1, 0.15) is 12.8 Å². The van der Waals surface area contributed by atoms with Crippen molar-refractivity contribution >= 4 is 51.7 Å². The molecule has 0 aromatic heterocycles. The van der Waals surface area contributed by atoms with Crippen molar-refractivity contribution in [2.24, 2.45) is 4.99 Å². The zero-order valence-corrected chi connectivity index (χ0v) is 15.3. The summed E-state index contributed by atoms with van der Waals surface area (Å²) in [4.78, 5) is 4.09. The van der Waals surface area contributed by atoms with E-state index in [0.29, 0.717) is 18.3 Å². The fourth-order valence-electron chi connectivity index (χ4n) is 1.65. The van der Waals surface area contributed by atoms with Crippen molar-refractivity contribution in [2.45, 2.75) is 18.1 Å². The minimum absolute atomic E-state index is 0. The maximum atomic E-state index is 10.9. The van der Waals surface area contributed by atoms with Gasteiger partial charge in [-0.05, 0) is 18.6 Å². The van der Waals surface area contributed by atoms with Crippen LogP contribution in [0, 0.1) is 0 Å². The van der Waals surface area contributed by atoms with Gasteiger partial charge in [0.15, 0.2) is 5.96 Å². The van der Waals surface area contributed by atoms with Crippen molar-refractivity contribution < 1.29 is 8.42 Å². The third-order valence-electron chi connectivity index (χ3n) is 2.53. The highest BCUT2D eigenvalue weighted by Gasteiger charge is 2.15. The predicted molar refractivity (Wildman–Crippen MR) is 93.1 cm³/mol. The summed E-state index contributed by atoms with van der Waals surface area (Å²) in [6.07, 6.45) is 3.70. The second-order valence-electron chi connectivity index (χ2n) is 4.18. The number of sulfonamides is 1. The Morgan fingerprint density at radius 3 is 2.63 bits per heavy atom. The molecule has 1 aliphatic rings. The molecule has 0 aromatic carbocycles. The number of thioether (sulfide) groups is 1. The van der Waals surface area contributed by atoms with Gasteiger partial charge in [-0.2, -0.15) is 11.8 Å². The Hall–Kier alpha value is 0.260. The first-order chi connectivity index (χ1) is 8.51. The molecule has 19 heavy (non-hydrogen) atoms. The quantitative estimate of drug-likeness (QED) is 0.247. The van der Waals surface area contributed by atoms with Gasteiger partial charge in [0.2, 0.25) is 10.0 Å². The summed E-state index contributed by atoms with van der Waals surface area (Å²) in [6, 6.07) is 0. The highest BCUT2D eigenvalue weighted by atomic mass is 127. The Labute approximate surface area is 137 Å². The summed E-state index contributed by atoms with van der Waals surface area (Å²) >= 11 is 1.99. The summed E-state index contributed by atoms with van der Waals surface area (Å²) in [7, 11) is -1.40. The van der Waals surface area contributed by atoms with Crippen molar-refractivity contribution in [3.8, 4) is 0 Å². The number of aliphatic imine (C=N–C) groups is 1. The van der Waals surface area contributed by atoms with Gasteiger partial charge >= 0.3 is 0 Å². The van der Waals surface area contributed by atoms with E-state index in [1.165, 1.54) is 18.6 Å². The van der Waals surface area contributed by atoms with Crippen LogP contribution >= 0.6 is 35.7 Å². The lowest BCUT2D eigenvalue weighted by Crippen LogP contribution is -2.43. The fraction of sp³-hybridized carbons (Fsp3) is 0.900. The zero-order valence-electron chi connectivity index (χ0n) is 11.3. The van der Waals surface area contributed by atoms with E-state index in [2.05, 4.69) is 20.3 Å². The molecule has 1 heterocycles. The highest BCUT2D eigenvalue weighted by molar-refractivity contribution is 14.0. The van der Waals surface area contributed by atoms with Crippen molar-refractivity contribution in [2.75, 3.05) is 38.7 Å². The first-order valence-electron chi connectivity index (χ1n) is 6.02. The molecule has 1 rings (SSSR count). The van der Waals surface area contributed by atoms with Gasteiger partial charge in [-0.15, -0.1) is 24.0 Å². The van der Waals surface area contributed by atoms with Crippen LogP contribution in [0.5, 0.6) is 0 Å². The Balaban J connectivity index is 0.00000324. The number of rotatable bonds is 6. The van der Waals surface area contributed by atoms with Gasteiger partial charge in [0, 0.05) is 31.9 Å². The lowest BCUT2D eigenvalue weighted by molar-refractivity contribution is 0.586. The number of nitrogens with zero attached hydrogens (tertiary/aromatic N) is 1. The molecule has 1 atom stereocenters. The first-order valence-corrected chi connectivity index (χ1v) is 8.96. The summed E-state index contributed by atoms with van der Waals surface area (Å²) in [6.45, 7) is 1.78. The van der Waals surface area contributed by atoms with E-state index in [1.54, 1.807) is 7.05 Å². The number of nitrogens with one attached hydrogen (secondary N) is 3. The molecule has 1 fully saturated rings. The van der Waals surface area contributed by atoms with Crippen molar-refractivity contribution in [1.29, 1.82) is 0 Å². The normalized spacial score (nSPS) is 19.9. The molecule has 0 amide bonds. The van der Waals surface area contributed by atoms with Crippen LogP contribution in [-0.2, 0) is 10.0 Å². The number of hydrogen-bond acceptors (Lipinski definition) is 4. The Bertz CT molecular complexity index is 370. The van der Waals surface area contributed by atoms with Gasteiger partial charge < -0.3 is 10.6 Å². The highest BCUT2D eigenvalue weighted by Crippen LogP contribution is 2.25. The van der Waals surface area contributed by atoms with E-state index in [-0.39, 0.29) is 24.0 Å². The van der Waals surface area contributed by atoms with E-state index >= 15 is 0 Å². The molecule has 1 aliphatic heterocycles. The van der Waals surface area contributed by atoms with Crippen LogP contribution in [0.15, 0.2) is 4.99 Å². The molecule has 114 valence electrons. The second kappa shape index (κ2) is 10.1. The van der Waals surface area contributed by atoms with E-state index in [1.807, 2.05) is 11.8 Å². The van der Waals surface area contributed by atoms with Crippen LogP contribution < -0.4 is 15.4 Å². The minimum atomic E-state index is -3.11. The fourth-order valence-corrected chi connectivity index (χ4v) is 3.33. The molecule has 1 unspecified atom stereocenters. The molecule has 0 aliphatic carbocycles. The van der Waals surface area contributed by atoms with Crippen LogP contribution in [0.3, 0.4) is 0 Å². The molecule has 1 saturated heterocycles. The number of guanidine groups is 1. The maximum Gasteiger partial charge on any atom is 0.208 e. The van der Waals surface area contributed by atoms with Crippen molar-refractivity contribution in [1.82, 2.24) is 15.4 Å². The summed E-state index contributed by atoms with van der Waals surface area (Å²) in [5, 5.41) is 6.98. The molecular formula is C10H23IN4O2S2. The third-order valence-corrected chi connectivity index (χ3v) is 4.65. The van der Waals surface area contributed by atoms with E-state index < -0.39 is 10.0 Å². The van der Waals surface area contributed by atoms with Crippen molar-refractivity contribution in [3.05, 3.63) is 0 Å². The summed E-state index contributed by atoms with van der Waals surface area (Å²) in [5.74, 6) is 1.97. The molecule has 0 bridgehead atoms. The van der Waals surface area contributed by atoms with Crippen LogP contribution in [0.4, 0.5) is 0 Å². The van der Waals surface area contributed by atoms with Crippen LogP contribution in [-0.4, -0.2) is 58.3 Å². The van der Waals surface area contributed by atoms with Crippen molar-refractivity contribution in [3.63, 3.8) is 0 Å². The Morgan fingerprint density at radius 2 is 2.11 bits per heavy atom. The first kappa shape index (κ1) is 19.3. The average Bonchev–Trinajstić information content (AvgIpc) is 2.79. The lowest BCUT2D eigenvalue weighted by atomic mass is 10.2. The smallest absolute Gasteiger partial charge is 0.208 e. The van der Waals surface area contributed by atoms with E-state index in [4.69, 9.17) is 0 Å².